The number of nitrogens with one attached hydrogen (secondary N) is 2. The summed E-state index contributed by atoms with van der Waals surface area (Å²) < 4.78 is 24.5. The zero-order chi connectivity index (χ0) is 28.9. The van der Waals surface area contributed by atoms with E-state index in [4.69, 9.17) is 30.5 Å². The van der Waals surface area contributed by atoms with Crippen LogP contribution in [0.25, 0.3) is 0 Å². The Bertz CT molecular complexity index is 1580. The van der Waals surface area contributed by atoms with Gasteiger partial charge >= 0.3 is 0 Å². The maximum absolute atomic E-state index is 13.9. The highest BCUT2D eigenvalue weighted by Gasteiger charge is 2.34. The molecule has 10 nitrogen and oxygen atoms in total. The molecule has 0 saturated carbocycles. The largest absolute Gasteiger partial charge is 0.497 e. The lowest BCUT2D eigenvalue weighted by Gasteiger charge is -2.29. The zero-order valence-electron chi connectivity index (χ0n) is 23.1. The monoisotopic (exact) mass is 575 g/mol. The molecule has 0 saturated heterocycles. The van der Waals surface area contributed by atoms with Crippen LogP contribution in [0.15, 0.2) is 78.3 Å². The van der Waals surface area contributed by atoms with Crippen LogP contribution in [0.2, 0.25) is 5.02 Å². The van der Waals surface area contributed by atoms with Gasteiger partial charge in [-0.2, -0.15) is 10.1 Å². The molecule has 1 aliphatic rings. The molecule has 2 N–H and O–H groups in total. The van der Waals surface area contributed by atoms with Crippen molar-refractivity contribution >= 4 is 29.1 Å². The number of allylic oxidation sites excluding steroid dienone is 1. The van der Waals surface area contributed by atoms with Crippen LogP contribution >= 0.6 is 11.6 Å². The summed E-state index contributed by atoms with van der Waals surface area (Å²) in [4.78, 5) is 18.2. The molecule has 1 aliphatic heterocycles. The Morgan fingerprint density at radius 2 is 1.80 bits per heavy atom. The summed E-state index contributed by atoms with van der Waals surface area (Å²) in [7, 11) is 3.10. The highest BCUT2D eigenvalue weighted by molar-refractivity contribution is 6.30. The number of rotatable bonds is 10. The first kappa shape index (κ1) is 27.9. The van der Waals surface area contributed by atoms with Gasteiger partial charge in [0, 0.05) is 16.8 Å². The Kier molecular flexibility index (Phi) is 8.30. The van der Waals surface area contributed by atoms with Crippen molar-refractivity contribution in [2.45, 2.75) is 26.5 Å². The van der Waals surface area contributed by atoms with Crippen molar-refractivity contribution in [2.24, 2.45) is 0 Å². The van der Waals surface area contributed by atoms with Crippen LogP contribution < -0.4 is 29.6 Å². The quantitative estimate of drug-likeness (QED) is 0.242. The number of halogens is 1. The first-order valence-corrected chi connectivity index (χ1v) is 13.3. The molecule has 0 spiro atoms. The number of carbonyl (C=O) groups excluding carboxylic acids is 1. The molecule has 1 amide bonds. The Hall–Kier alpha value is -4.70. The van der Waals surface area contributed by atoms with Gasteiger partial charge in [-0.3, -0.25) is 4.79 Å². The summed E-state index contributed by atoms with van der Waals surface area (Å²) in [5.41, 5.74) is 3.34. The molecule has 41 heavy (non-hydrogen) atoms. The summed E-state index contributed by atoms with van der Waals surface area (Å²) in [5.74, 6) is 2.40. The fraction of sp³-hybridized carbons (Fsp3) is 0.233. The van der Waals surface area contributed by atoms with Crippen LogP contribution in [0.4, 0.5) is 11.6 Å². The summed E-state index contributed by atoms with van der Waals surface area (Å²) >= 11 is 6.01. The van der Waals surface area contributed by atoms with Crippen molar-refractivity contribution < 1.29 is 23.7 Å². The molecule has 0 unspecified atom stereocenters. The van der Waals surface area contributed by atoms with E-state index in [0.29, 0.717) is 64.1 Å². The van der Waals surface area contributed by atoms with E-state index in [1.165, 1.54) is 13.4 Å². The van der Waals surface area contributed by atoms with E-state index in [2.05, 4.69) is 20.7 Å². The number of aromatic nitrogens is 3. The SMILES string of the molecule is CCOc1cc([C@@H]2C(C(=O)Nc3ccc(OC)cc3OC)=C(C)Nc3ncnn32)ccc1OCc1ccc(Cl)cc1. The number of benzene rings is 3. The van der Waals surface area contributed by atoms with E-state index >= 15 is 0 Å². The molecular formula is C30H30ClN5O5. The minimum atomic E-state index is -0.595. The fourth-order valence-electron chi connectivity index (χ4n) is 4.61. The van der Waals surface area contributed by atoms with Crippen LogP contribution in [0.1, 0.15) is 31.0 Å². The molecule has 11 heteroatoms. The number of amides is 1. The Morgan fingerprint density at radius 1 is 1.00 bits per heavy atom. The number of hydrogen-bond acceptors (Lipinski definition) is 8. The average Bonchev–Trinajstić information content (AvgIpc) is 3.45. The van der Waals surface area contributed by atoms with Gasteiger partial charge in [0.25, 0.3) is 5.91 Å². The molecule has 2 heterocycles. The van der Waals surface area contributed by atoms with Crippen LogP contribution in [0, 0.1) is 0 Å². The van der Waals surface area contributed by atoms with Crippen molar-refractivity contribution in [3.8, 4) is 23.0 Å². The van der Waals surface area contributed by atoms with E-state index in [1.54, 1.807) is 30.0 Å². The molecule has 3 aromatic carbocycles. The van der Waals surface area contributed by atoms with Crippen molar-refractivity contribution in [3.05, 3.63) is 94.4 Å². The number of fused-ring (bicyclic) bond motifs is 1. The lowest BCUT2D eigenvalue weighted by atomic mass is 9.94. The van der Waals surface area contributed by atoms with E-state index < -0.39 is 6.04 Å². The zero-order valence-corrected chi connectivity index (χ0v) is 23.9. The molecule has 0 aliphatic carbocycles. The Morgan fingerprint density at radius 3 is 2.54 bits per heavy atom. The highest BCUT2D eigenvalue weighted by atomic mass is 35.5. The van der Waals surface area contributed by atoms with Gasteiger partial charge < -0.3 is 29.6 Å². The molecule has 0 fully saturated rings. The third-order valence-electron chi connectivity index (χ3n) is 6.59. The summed E-state index contributed by atoms with van der Waals surface area (Å²) in [6, 6.07) is 17.7. The second-order valence-corrected chi connectivity index (χ2v) is 9.61. The van der Waals surface area contributed by atoms with Crippen molar-refractivity contribution in [3.63, 3.8) is 0 Å². The van der Waals surface area contributed by atoms with Crippen LogP contribution in [-0.2, 0) is 11.4 Å². The molecule has 1 atom stereocenters. The number of methoxy groups -OCH3 is 2. The molecule has 1 aromatic heterocycles. The smallest absolute Gasteiger partial charge is 0.255 e. The minimum absolute atomic E-state index is 0.328. The number of carbonyl (C=O) groups is 1. The second kappa shape index (κ2) is 12.2. The van der Waals surface area contributed by atoms with E-state index in [1.807, 2.05) is 56.3 Å². The average molecular weight is 576 g/mol. The summed E-state index contributed by atoms with van der Waals surface area (Å²) in [5, 5.41) is 11.3. The molecule has 212 valence electrons. The molecule has 0 radical (unpaired) electrons. The first-order chi connectivity index (χ1) is 19.9. The first-order valence-electron chi connectivity index (χ1n) is 13.0. The Balaban J connectivity index is 1.48. The standard InChI is InChI=1S/C30H30ClN5O5/c1-5-40-26-14-20(8-13-24(26)41-16-19-6-9-21(31)10-7-19)28-27(18(2)34-30-32-17-33-36(28)30)29(37)35-23-12-11-22(38-3)15-25(23)39-4/h6-15,17,28H,5,16H2,1-4H3,(H,35,37)(H,32,33,34)/t28-/m1/s1. The van der Waals surface area contributed by atoms with Crippen LogP contribution in [-0.4, -0.2) is 41.5 Å². The molecule has 4 aromatic rings. The topological polar surface area (TPSA) is 109 Å². The van der Waals surface area contributed by atoms with Crippen LogP contribution in [0.3, 0.4) is 0 Å². The highest BCUT2D eigenvalue weighted by Crippen LogP contribution is 2.40. The van der Waals surface area contributed by atoms with Crippen molar-refractivity contribution in [1.82, 2.24) is 14.8 Å². The van der Waals surface area contributed by atoms with Gasteiger partial charge in [0.1, 0.15) is 30.5 Å². The van der Waals surface area contributed by atoms with Gasteiger partial charge in [-0.25, -0.2) is 4.68 Å². The fourth-order valence-corrected chi connectivity index (χ4v) is 4.73. The van der Waals surface area contributed by atoms with Gasteiger partial charge in [0.05, 0.1) is 32.1 Å². The van der Waals surface area contributed by atoms with Gasteiger partial charge in [0.2, 0.25) is 5.95 Å². The second-order valence-electron chi connectivity index (χ2n) is 9.17. The predicted molar refractivity (Wildman–Crippen MR) is 156 cm³/mol. The number of ether oxygens (including phenoxy) is 4. The van der Waals surface area contributed by atoms with Crippen molar-refractivity contribution in [1.29, 1.82) is 0 Å². The minimum Gasteiger partial charge on any atom is -0.497 e. The maximum Gasteiger partial charge on any atom is 0.255 e. The van der Waals surface area contributed by atoms with Gasteiger partial charge in [-0.15, -0.1) is 0 Å². The molecule has 5 rings (SSSR count). The lowest BCUT2D eigenvalue weighted by Crippen LogP contribution is -2.31. The number of anilines is 2. The third kappa shape index (κ3) is 5.92. The molecular weight excluding hydrogens is 546 g/mol. The van der Waals surface area contributed by atoms with E-state index in [0.717, 1.165) is 11.1 Å². The van der Waals surface area contributed by atoms with Crippen LogP contribution in [0.5, 0.6) is 23.0 Å². The van der Waals surface area contributed by atoms with E-state index in [9.17, 15) is 4.79 Å². The maximum atomic E-state index is 13.9. The van der Waals surface area contributed by atoms with Gasteiger partial charge in [0.15, 0.2) is 11.5 Å². The summed E-state index contributed by atoms with van der Waals surface area (Å²) in [6.07, 6.45) is 1.45. The summed E-state index contributed by atoms with van der Waals surface area (Å²) in [6.45, 7) is 4.51. The number of hydrogen-bond donors (Lipinski definition) is 2. The lowest BCUT2D eigenvalue weighted by molar-refractivity contribution is -0.113. The van der Waals surface area contributed by atoms with Crippen molar-refractivity contribution in [2.75, 3.05) is 31.5 Å². The predicted octanol–water partition coefficient (Wildman–Crippen LogP) is 5.85. The van der Waals surface area contributed by atoms with Gasteiger partial charge in [-0.1, -0.05) is 29.8 Å². The third-order valence-corrected chi connectivity index (χ3v) is 6.84. The van der Waals surface area contributed by atoms with Gasteiger partial charge in [-0.05, 0) is 61.4 Å². The number of nitrogens with zero attached hydrogens (tertiary/aromatic N) is 3. The van der Waals surface area contributed by atoms with E-state index in [-0.39, 0.29) is 5.91 Å². The Labute approximate surface area is 242 Å². The molecule has 0 bridgehead atoms. The normalized spacial score (nSPS) is 14.1.